The molecule has 2 N–H and O–H groups in total. The van der Waals surface area contributed by atoms with Crippen LogP contribution >= 0.6 is 0 Å². The minimum Gasteiger partial charge on any atom is -0.352 e. The van der Waals surface area contributed by atoms with Gasteiger partial charge in [-0.2, -0.15) is 5.10 Å². The van der Waals surface area contributed by atoms with Gasteiger partial charge < -0.3 is 10.6 Å². The van der Waals surface area contributed by atoms with Gasteiger partial charge in [0.05, 0.1) is 5.69 Å². The molecule has 1 aromatic heterocycles. The fraction of sp³-hybridized carbons (Fsp3) is 0.444. The number of hydrogen-bond acceptors (Lipinski definition) is 3. The minimum absolute atomic E-state index is 0.138. The Balaban J connectivity index is 1.51. The van der Waals surface area contributed by atoms with E-state index in [2.05, 4.69) is 15.7 Å². The lowest BCUT2D eigenvalue weighted by molar-refractivity contribution is -0.121. The van der Waals surface area contributed by atoms with Gasteiger partial charge in [0.15, 0.2) is 0 Å². The minimum atomic E-state index is 0.138. The number of piperidine rings is 1. The number of benzene rings is 1. The quantitative estimate of drug-likeness (QED) is 0.860. The molecule has 0 radical (unpaired) electrons. The predicted octanol–water partition coefficient (Wildman–Crippen LogP) is 2.27. The Morgan fingerprint density at radius 1 is 1.26 bits per heavy atom. The van der Waals surface area contributed by atoms with Crippen LogP contribution in [0.1, 0.15) is 31.2 Å². The monoisotopic (exact) mass is 312 g/mol. The number of hydrogen-bond donors (Lipinski definition) is 2. The smallest absolute Gasteiger partial charge is 0.220 e. The van der Waals surface area contributed by atoms with E-state index in [9.17, 15) is 4.79 Å². The highest BCUT2D eigenvalue weighted by Crippen LogP contribution is 2.18. The lowest BCUT2D eigenvalue weighted by Gasteiger charge is -2.22. The molecule has 23 heavy (non-hydrogen) atoms. The number of carbonyl (C=O) groups is 1. The summed E-state index contributed by atoms with van der Waals surface area (Å²) >= 11 is 0. The molecule has 0 unspecified atom stereocenters. The summed E-state index contributed by atoms with van der Waals surface area (Å²) in [5.74, 6) is 0.831. The number of nitrogens with one attached hydrogen (secondary N) is 2. The summed E-state index contributed by atoms with van der Waals surface area (Å²) < 4.78 is 1.83. The Hall–Kier alpha value is -2.14. The highest BCUT2D eigenvalue weighted by Gasteiger charge is 2.14. The lowest BCUT2D eigenvalue weighted by Crippen LogP contribution is -2.29. The molecule has 5 heteroatoms. The summed E-state index contributed by atoms with van der Waals surface area (Å²) in [5, 5.41) is 10.7. The Morgan fingerprint density at radius 2 is 2.09 bits per heavy atom. The molecule has 2 aromatic rings. The molecule has 1 amide bonds. The number of carbonyl (C=O) groups excluding carboxylic acids is 1. The molecule has 3 rings (SSSR count). The third-order valence-electron chi connectivity index (χ3n) is 4.46. The molecule has 0 aliphatic carbocycles. The normalized spacial score (nSPS) is 15.5. The van der Waals surface area contributed by atoms with Gasteiger partial charge in [-0.05, 0) is 56.0 Å². The molecule has 1 fully saturated rings. The van der Waals surface area contributed by atoms with Crippen molar-refractivity contribution in [3.8, 4) is 5.69 Å². The van der Waals surface area contributed by atoms with E-state index < -0.39 is 0 Å². The van der Waals surface area contributed by atoms with Crippen molar-refractivity contribution in [1.82, 2.24) is 20.4 Å². The number of para-hydroxylation sites is 1. The van der Waals surface area contributed by atoms with E-state index in [1.807, 2.05) is 41.2 Å². The van der Waals surface area contributed by atoms with Crippen LogP contribution in [0.5, 0.6) is 0 Å². The maximum absolute atomic E-state index is 12.1. The number of rotatable bonds is 6. The number of aromatic nitrogens is 2. The van der Waals surface area contributed by atoms with Crippen molar-refractivity contribution >= 4 is 5.91 Å². The van der Waals surface area contributed by atoms with Gasteiger partial charge in [0.2, 0.25) is 5.91 Å². The molecular formula is C18H24N4O. The first-order valence-electron chi connectivity index (χ1n) is 8.38. The van der Waals surface area contributed by atoms with Crippen LogP contribution in [-0.2, 0) is 11.3 Å². The Kier molecular flexibility index (Phi) is 5.42. The summed E-state index contributed by atoms with van der Waals surface area (Å²) in [7, 11) is 0. The second-order valence-electron chi connectivity index (χ2n) is 6.09. The van der Waals surface area contributed by atoms with Crippen LogP contribution in [0, 0.1) is 5.92 Å². The molecule has 122 valence electrons. The molecule has 5 nitrogen and oxygen atoms in total. The summed E-state index contributed by atoms with van der Waals surface area (Å²) in [6.45, 7) is 2.72. The molecule has 0 bridgehead atoms. The average Bonchev–Trinajstić information content (AvgIpc) is 3.14. The molecule has 1 aliphatic rings. The first kappa shape index (κ1) is 15.7. The average molecular weight is 312 g/mol. The SMILES string of the molecule is O=C(CCC1CCNCC1)NCc1ccccc1-n1cccn1. The van der Waals surface area contributed by atoms with Gasteiger partial charge in [0, 0.05) is 25.4 Å². The van der Waals surface area contributed by atoms with E-state index >= 15 is 0 Å². The van der Waals surface area contributed by atoms with Crippen LogP contribution in [0.25, 0.3) is 5.69 Å². The molecular weight excluding hydrogens is 288 g/mol. The third-order valence-corrected chi connectivity index (χ3v) is 4.46. The van der Waals surface area contributed by atoms with E-state index in [4.69, 9.17) is 0 Å². The van der Waals surface area contributed by atoms with Crippen molar-refractivity contribution in [2.75, 3.05) is 13.1 Å². The van der Waals surface area contributed by atoms with Crippen molar-refractivity contribution < 1.29 is 4.79 Å². The first-order chi connectivity index (χ1) is 11.3. The molecule has 0 atom stereocenters. The van der Waals surface area contributed by atoms with Crippen molar-refractivity contribution in [3.05, 3.63) is 48.3 Å². The van der Waals surface area contributed by atoms with Gasteiger partial charge in [-0.15, -0.1) is 0 Å². The third kappa shape index (κ3) is 4.42. The molecule has 0 saturated carbocycles. The first-order valence-corrected chi connectivity index (χ1v) is 8.38. The standard InChI is InChI=1S/C18H24N4O/c23-18(7-6-15-8-11-19-12-9-15)20-14-16-4-1-2-5-17(16)22-13-3-10-21-22/h1-5,10,13,15,19H,6-9,11-12,14H2,(H,20,23). The highest BCUT2D eigenvalue weighted by atomic mass is 16.1. The Bertz CT molecular complexity index is 618. The zero-order valence-corrected chi connectivity index (χ0v) is 13.4. The lowest BCUT2D eigenvalue weighted by atomic mass is 9.93. The van der Waals surface area contributed by atoms with E-state index in [0.29, 0.717) is 18.9 Å². The van der Waals surface area contributed by atoms with Crippen molar-refractivity contribution in [1.29, 1.82) is 0 Å². The molecule has 1 saturated heterocycles. The second-order valence-corrected chi connectivity index (χ2v) is 6.09. The van der Waals surface area contributed by atoms with Crippen LogP contribution in [0.2, 0.25) is 0 Å². The van der Waals surface area contributed by atoms with E-state index in [0.717, 1.165) is 30.8 Å². The maximum Gasteiger partial charge on any atom is 0.220 e. The maximum atomic E-state index is 12.1. The largest absolute Gasteiger partial charge is 0.352 e. The summed E-state index contributed by atoms with van der Waals surface area (Å²) in [6.07, 6.45) is 7.67. The Labute approximate surface area is 137 Å². The van der Waals surface area contributed by atoms with Gasteiger partial charge in [0.1, 0.15) is 0 Å². The van der Waals surface area contributed by atoms with Crippen molar-refractivity contribution in [3.63, 3.8) is 0 Å². The van der Waals surface area contributed by atoms with Crippen LogP contribution in [-0.4, -0.2) is 28.8 Å². The Morgan fingerprint density at radius 3 is 2.87 bits per heavy atom. The summed E-state index contributed by atoms with van der Waals surface area (Å²) in [4.78, 5) is 12.1. The molecule has 0 spiro atoms. The van der Waals surface area contributed by atoms with Crippen molar-refractivity contribution in [2.24, 2.45) is 5.92 Å². The van der Waals surface area contributed by atoms with Crippen LogP contribution < -0.4 is 10.6 Å². The van der Waals surface area contributed by atoms with Gasteiger partial charge in [-0.3, -0.25) is 4.79 Å². The van der Waals surface area contributed by atoms with Crippen LogP contribution in [0.3, 0.4) is 0 Å². The summed E-state index contributed by atoms with van der Waals surface area (Å²) in [6, 6.07) is 9.92. The zero-order valence-electron chi connectivity index (χ0n) is 13.4. The highest BCUT2D eigenvalue weighted by molar-refractivity contribution is 5.76. The van der Waals surface area contributed by atoms with Crippen molar-refractivity contribution in [2.45, 2.75) is 32.2 Å². The van der Waals surface area contributed by atoms with E-state index in [-0.39, 0.29) is 5.91 Å². The zero-order chi connectivity index (χ0) is 15.9. The van der Waals surface area contributed by atoms with Gasteiger partial charge >= 0.3 is 0 Å². The van der Waals surface area contributed by atoms with E-state index in [1.165, 1.54) is 12.8 Å². The van der Waals surface area contributed by atoms with Gasteiger partial charge in [-0.1, -0.05) is 18.2 Å². The molecule has 1 aromatic carbocycles. The predicted molar refractivity (Wildman–Crippen MR) is 90.2 cm³/mol. The summed E-state index contributed by atoms with van der Waals surface area (Å²) in [5.41, 5.74) is 2.09. The number of amides is 1. The molecule has 2 heterocycles. The second kappa shape index (κ2) is 7.92. The molecule has 1 aliphatic heterocycles. The topological polar surface area (TPSA) is 59.0 Å². The van der Waals surface area contributed by atoms with Crippen LogP contribution in [0.4, 0.5) is 0 Å². The van der Waals surface area contributed by atoms with E-state index in [1.54, 1.807) is 6.20 Å². The number of nitrogens with zero attached hydrogens (tertiary/aromatic N) is 2. The fourth-order valence-electron chi connectivity index (χ4n) is 3.08. The van der Waals surface area contributed by atoms with Gasteiger partial charge in [-0.25, -0.2) is 4.68 Å². The van der Waals surface area contributed by atoms with Gasteiger partial charge in [0.25, 0.3) is 0 Å². The fourth-order valence-corrected chi connectivity index (χ4v) is 3.08. The van der Waals surface area contributed by atoms with Crippen LogP contribution in [0.15, 0.2) is 42.7 Å².